The van der Waals surface area contributed by atoms with Crippen LogP contribution in [0.3, 0.4) is 0 Å². The molecule has 2 aromatic heterocycles. The molecular weight excluding hydrogens is 623 g/mol. The highest BCUT2D eigenvalue weighted by atomic mass is 35.5. The van der Waals surface area contributed by atoms with Gasteiger partial charge in [0.1, 0.15) is 16.7 Å². The van der Waals surface area contributed by atoms with Crippen LogP contribution < -0.4 is 0 Å². The van der Waals surface area contributed by atoms with E-state index in [1.807, 2.05) is 78.9 Å². The van der Waals surface area contributed by atoms with Gasteiger partial charge in [0, 0.05) is 38.2 Å². The summed E-state index contributed by atoms with van der Waals surface area (Å²) in [6, 6.07) is 29.9. The average Bonchev–Trinajstić information content (AvgIpc) is 3.68. The van der Waals surface area contributed by atoms with Gasteiger partial charge in [0.25, 0.3) is 0 Å². The lowest BCUT2D eigenvalue weighted by Gasteiger charge is -2.21. The second-order valence-electron chi connectivity index (χ2n) is 10.8. The molecule has 0 saturated heterocycles. The molecule has 0 aliphatic carbocycles. The molecule has 0 radical (unpaired) electrons. The second kappa shape index (κ2) is 10.7. The zero-order valence-corrected chi connectivity index (χ0v) is 26.0. The molecule has 0 aliphatic heterocycles. The first-order valence-electron chi connectivity index (χ1n) is 14.4. The van der Waals surface area contributed by atoms with Crippen molar-refractivity contribution >= 4 is 89.8 Å². The summed E-state index contributed by atoms with van der Waals surface area (Å²) in [6.45, 7) is 0. The number of para-hydroxylation sites is 2. The number of rotatable bonds is 4. The van der Waals surface area contributed by atoms with Crippen molar-refractivity contribution < 1.29 is 27.9 Å². The second-order valence-corrected chi connectivity index (χ2v) is 11.6. The van der Waals surface area contributed by atoms with Gasteiger partial charge in [-0.15, -0.1) is 0 Å². The van der Waals surface area contributed by atoms with E-state index in [-0.39, 0.29) is 11.1 Å². The van der Waals surface area contributed by atoms with Crippen LogP contribution in [0.2, 0.25) is 10.0 Å². The summed E-state index contributed by atoms with van der Waals surface area (Å²) in [6.07, 6.45) is 0. The number of carbonyl (C=O) groups is 2. The predicted molar refractivity (Wildman–Crippen MR) is 182 cm³/mol. The summed E-state index contributed by atoms with van der Waals surface area (Å²) in [5.41, 5.74) is 4.42. The molecule has 0 unspecified atom stereocenters. The highest BCUT2D eigenvalue weighted by Crippen LogP contribution is 2.49. The van der Waals surface area contributed by atoms with Gasteiger partial charge >= 0.3 is 11.9 Å². The molecule has 0 amide bonds. The molecule has 8 rings (SSSR count). The fraction of sp³-hybridized carbons (Fsp3) is 0.0526. The quantitative estimate of drug-likeness (QED) is 0.177. The van der Waals surface area contributed by atoms with E-state index in [2.05, 4.69) is 0 Å². The Bertz CT molecular complexity index is 2580. The molecule has 8 heteroatoms. The number of hydrogen-bond acceptors (Lipinski definition) is 6. The van der Waals surface area contributed by atoms with Gasteiger partial charge in [0.15, 0.2) is 5.58 Å². The van der Waals surface area contributed by atoms with Crippen LogP contribution in [0, 0.1) is 0 Å². The van der Waals surface area contributed by atoms with Crippen molar-refractivity contribution in [1.82, 2.24) is 0 Å². The summed E-state index contributed by atoms with van der Waals surface area (Å²) in [5, 5.41) is 5.32. The summed E-state index contributed by atoms with van der Waals surface area (Å²) >= 11 is 13.4. The number of halogens is 2. The van der Waals surface area contributed by atoms with E-state index in [0.717, 1.165) is 10.8 Å². The largest absolute Gasteiger partial charge is 0.465 e. The smallest absolute Gasteiger partial charge is 0.339 e. The van der Waals surface area contributed by atoms with Gasteiger partial charge in [0.05, 0.1) is 35.4 Å². The molecule has 8 aromatic rings. The Hall–Kier alpha value is -5.30. The SMILES string of the molecule is COC(=O)c1c(C(=O)OC)c(-c2ccc(Cl)c3oc4ccccc4c23)c2ccccc2c1-c1ccc(Cl)c2c1oc1ccccc12. The number of methoxy groups -OCH3 is 2. The third-order valence-electron chi connectivity index (χ3n) is 8.49. The predicted octanol–water partition coefficient (Wildman–Crippen LogP) is 10.9. The van der Waals surface area contributed by atoms with Crippen molar-refractivity contribution in [1.29, 1.82) is 0 Å². The lowest BCUT2D eigenvalue weighted by molar-refractivity contribution is 0.0557. The van der Waals surface area contributed by atoms with E-state index in [1.165, 1.54) is 14.2 Å². The van der Waals surface area contributed by atoms with E-state index < -0.39 is 11.9 Å². The molecule has 224 valence electrons. The fourth-order valence-corrected chi connectivity index (χ4v) is 7.05. The van der Waals surface area contributed by atoms with Crippen LogP contribution in [0.1, 0.15) is 20.7 Å². The zero-order chi connectivity index (χ0) is 31.7. The first kappa shape index (κ1) is 28.2. The standard InChI is InChI=1S/C38H22Cl2O6/c1-43-37(41)33-29(23-15-18-26(40)36-31(23)21-11-5-7-13-27(21)46-36)19-9-3-4-10-20(19)30(34(33)38(42)44-2)24-16-17-25(39)32-22-12-6-8-14-28(22)45-35(24)32/h3-18H,1-2H3. The Morgan fingerprint density at radius 2 is 0.978 bits per heavy atom. The molecule has 6 aromatic carbocycles. The highest BCUT2D eigenvalue weighted by molar-refractivity contribution is 6.39. The third kappa shape index (κ3) is 3.97. The number of ether oxygens (including phenoxy) is 2. The van der Waals surface area contributed by atoms with Crippen molar-refractivity contribution in [3.8, 4) is 22.3 Å². The first-order chi connectivity index (χ1) is 22.4. The molecule has 2 heterocycles. The van der Waals surface area contributed by atoms with E-state index in [4.69, 9.17) is 41.5 Å². The lowest BCUT2D eigenvalue weighted by Crippen LogP contribution is -2.16. The maximum atomic E-state index is 14.0. The number of esters is 2. The Balaban J connectivity index is 1.61. The van der Waals surface area contributed by atoms with Crippen molar-refractivity contribution in [2.45, 2.75) is 0 Å². The number of fused-ring (bicyclic) bond motifs is 7. The molecule has 6 nitrogen and oxygen atoms in total. The number of carbonyl (C=O) groups excluding carboxylic acids is 2. The molecular formula is C38H22Cl2O6. The van der Waals surface area contributed by atoms with Crippen LogP contribution in [0.5, 0.6) is 0 Å². The molecule has 0 spiro atoms. The van der Waals surface area contributed by atoms with Crippen LogP contribution in [-0.2, 0) is 9.47 Å². The van der Waals surface area contributed by atoms with E-state index in [0.29, 0.717) is 76.2 Å². The summed E-state index contributed by atoms with van der Waals surface area (Å²) < 4.78 is 23.4. The van der Waals surface area contributed by atoms with Crippen LogP contribution in [0.15, 0.2) is 106 Å². The number of hydrogen-bond donors (Lipinski definition) is 0. The molecule has 0 aliphatic rings. The highest BCUT2D eigenvalue weighted by Gasteiger charge is 2.33. The van der Waals surface area contributed by atoms with Crippen molar-refractivity contribution in [3.05, 3.63) is 118 Å². The topological polar surface area (TPSA) is 78.9 Å². The maximum Gasteiger partial charge on any atom is 0.339 e. The third-order valence-corrected chi connectivity index (χ3v) is 9.10. The van der Waals surface area contributed by atoms with E-state index in [1.54, 1.807) is 18.2 Å². The molecule has 0 fully saturated rings. The number of furan rings is 2. The van der Waals surface area contributed by atoms with Crippen LogP contribution >= 0.6 is 23.2 Å². The van der Waals surface area contributed by atoms with Gasteiger partial charge < -0.3 is 18.3 Å². The molecule has 0 bridgehead atoms. The maximum absolute atomic E-state index is 14.0. The molecule has 46 heavy (non-hydrogen) atoms. The number of benzene rings is 6. The van der Waals surface area contributed by atoms with Crippen molar-refractivity contribution in [2.75, 3.05) is 14.2 Å². The molecule has 0 N–H and O–H groups in total. The Kier molecular flexibility index (Phi) is 6.53. The lowest BCUT2D eigenvalue weighted by atomic mass is 9.82. The summed E-state index contributed by atoms with van der Waals surface area (Å²) in [4.78, 5) is 28.0. The summed E-state index contributed by atoms with van der Waals surface area (Å²) in [5.74, 6) is -1.43. The average molecular weight is 645 g/mol. The summed E-state index contributed by atoms with van der Waals surface area (Å²) in [7, 11) is 2.57. The van der Waals surface area contributed by atoms with Gasteiger partial charge in [-0.3, -0.25) is 0 Å². The van der Waals surface area contributed by atoms with Crippen molar-refractivity contribution in [3.63, 3.8) is 0 Å². The van der Waals surface area contributed by atoms with Gasteiger partial charge in [-0.2, -0.15) is 0 Å². The first-order valence-corrected chi connectivity index (χ1v) is 15.1. The Morgan fingerprint density at radius 1 is 0.522 bits per heavy atom. The van der Waals surface area contributed by atoms with Gasteiger partial charge in [-0.25, -0.2) is 9.59 Å². The molecule has 0 saturated carbocycles. The monoisotopic (exact) mass is 644 g/mol. The van der Waals surface area contributed by atoms with Gasteiger partial charge in [-0.05, 0) is 46.7 Å². The normalized spacial score (nSPS) is 11.7. The minimum Gasteiger partial charge on any atom is -0.465 e. The van der Waals surface area contributed by atoms with Crippen LogP contribution in [-0.4, -0.2) is 26.2 Å². The van der Waals surface area contributed by atoms with Crippen LogP contribution in [0.25, 0.3) is 76.9 Å². The molecule has 0 atom stereocenters. The minimum atomic E-state index is -0.719. The van der Waals surface area contributed by atoms with E-state index >= 15 is 0 Å². The van der Waals surface area contributed by atoms with Gasteiger partial charge in [-0.1, -0.05) is 89.9 Å². The minimum absolute atomic E-state index is 0.0306. The van der Waals surface area contributed by atoms with E-state index in [9.17, 15) is 9.59 Å². The zero-order valence-electron chi connectivity index (χ0n) is 24.4. The Morgan fingerprint density at radius 3 is 1.57 bits per heavy atom. The fourth-order valence-electron chi connectivity index (χ4n) is 6.60. The van der Waals surface area contributed by atoms with Crippen LogP contribution in [0.4, 0.5) is 0 Å². The van der Waals surface area contributed by atoms with Gasteiger partial charge in [0.2, 0.25) is 0 Å². The van der Waals surface area contributed by atoms with Crippen molar-refractivity contribution in [2.24, 2.45) is 0 Å². The Labute approximate surface area is 271 Å².